The molecule has 6 nitrogen and oxygen atoms in total. The van der Waals surface area contributed by atoms with E-state index in [-0.39, 0.29) is 12.0 Å². The summed E-state index contributed by atoms with van der Waals surface area (Å²) in [5.41, 5.74) is 1.91. The smallest absolute Gasteiger partial charge is 0.253 e. The summed E-state index contributed by atoms with van der Waals surface area (Å²) in [4.78, 5) is 19.2. The van der Waals surface area contributed by atoms with Crippen LogP contribution < -0.4 is 10.6 Å². The van der Waals surface area contributed by atoms with Crippen LogP contribution in [0.4, 0.5) is 5.69 Å². The largest absolute Gasteiger partial charge is 0.368 e. The molecule has 116 valence electrons. The third kappa shape index (κ3) is 3.93. The Balaban J connectivity index is 1.51. The number of carbonyl (C=O) groups excluding carboxylic acids is 1. The highest BCUT2D eigenvalue weighted by Crippen LogP contribution is 2.16. The number of ether oxygens (including phenoxy) is 1. The first-order valence-electron chi connectivity index (χ1n) is 7.51. The number of carbonyl (C=O) groups is 1. The van der Waals surface area contributed by atoms with Crippen molar-refractivity contribution in [3.05, 3.63) is 48.0 Å². The van der Waals surface area contributed by atoms with Crippen molar-refractivity contribution >= 4 is 11.6 Å². The molecule has 2 heterocycles. The first-order valence-corrected chi connectivity index (χ1v) is 7.51. The summed E-state index contributed by atoms with van der Waals surface area (Å²) < 4.78 is 5.39. The standard InChI is InChI=1S/C16H20N4O2/c21-16(14-5-2-8-22-14)20-13-4-1-3-12(9-13)10-17-11-15-18-6-7-19-15/h1,3-4,6-7,9,14,17H,2,5,8,10-11H2,(H,18,19)(H,20,21). The summed E-state index contributed by atoms with van der Waals surface area (Å²) in [6.07, 6.45) is 4.99. The van der Waals surface area contributed by atoms with Crippen molar-refractivity contribution < 1.29 is 9.53 Å². The van der Waals surface area contributed by atoms with Gasteiger partial charge in [0.15, 0.2) is 0 Å². The molecular weight excluding hydrogens is 280 g/mol. The Morgan fingerprint density at radius 3 is 3.14 bits per heavy atom. The first kappa shape index (κ1) is 14.7. The van der Waals surface area contributed by atoms with Crippen LogP contribution in [0.5, 0.6) is 0 Å². The molecule has 22 heavy (non-hydrogen) atoms. The quantitative estimate of drug-likeness (QED) is 0.760. The van der Waals surface area contributed by atoms with Crippen LogP contribution in [0.1, 0.15) is 24.2 Å². The second-order valence-corrected chi connectivity index (χ2v) is 5.33. The minimum Gasteiger partial charge on any atom is -0.368 e. The number of benzene rings is 1. The lowest BCUT2D eigenvalue weighted by atomic mass is 10.2. The van der Waals surface area contributed by atoms with E-state index in [9.17, 15) is 4.79 Å². The van der Waals surface area contributed by atoms with Crippen LogP contribution in [0.15, 0.2) is 36.7 Å². The van der Waals surface area contributed by atoms with E-state index in [1.165, 1.54) is 0 Å². The summed E-state index contributed by atoms with van der Waals surface area (Å²) in [6.45, 7) is 2.07. The molecule has 0 spiro atoms. The van der Waals surface area contributed by atoms with Gasteiger partial charge >= 0.3 is 0 Å². The highest BCUT2D eigenvalue weighted by Gasteiger charge is 2.23. The van der Waals surface area contributed by atoms with E-state index < -0.39 is 0 Å². The van der Waals surface area contributed by atoms with Crippen molar-refractivity contribution in [1.29, 1.82) is 0 Å². The molecule has 1 aromatic carbocycles. The number of imidazole rings is 1. The van der Waals surface area contributed by atoms with Crippen LogP contribution in [0.3, 0.4) is 0 Å². The van der Waals surface area contributed by atoms with Crippen LogP contribution in [0, 0.1) is 0 Å². The summed E-state index contributed by atoms with van der Waals surface area (Å²) in [6, 6.07) is 7.83. The predicted octanol–water partition coefficient (Wildman–Crippen LogP) is 1.82. The van der Waals surface area contributed by atoms with Crippen LogP contribution >= 0.6 is 0 Å². The van der Waals surface area contributed by atoms with Gasteiger partial charge in [-0.25, -0.2) is 4.98 Å². The molecule has 1 amide bonds. The highest BCUT2D eigenvalue weighted by atomic mass is 16.5. The van der Waals surface area contributed by atoms with Crippen molar-refractivity contribution in [2.75, 3.05) is 11.9 Å². The summed E-state index contributed by atoms with van der Waals surface area (Å²) in [7, 11) is 0. The van der Waals surface area contributed by atoms with Gasteiger partial charge in [-0.1, -0.05) is 12.1 Å². The molecule has 1 unspecified atom stereocenters. The molecule has 1 aromatic heterocycles. The lowest BCUT2D eigenvalue weighted by Crippen LogP contribution is -2.26. The monoisotopic (exact) mass is 300 g/mol. The number of aromatic nitrogens is 2. The highest BCUT2D eigenvalue weighted by molar-refractivity contribution is 5.94. The Bertz CT molecular complexity index is 606. The molecule has 1 saturated heterocycles. The van der Waals surface area contributed by atoms with E-state index in [0.29, 0.717) is 19.7 Å². The van der Waals surface area contributed by atoms with Gasteiger partial charge in [-0.15, -0.1) is 0 Å². The van der Waals surface area contributed by atoms with Gasteiger partial charge in [0.1, 0.15) is 11.9 Å². The first-order chi connectivity index (χ1) is 10.8. The molecule has 0 aliphatic carbocycles. The summed E-state index contributed by atoms with van der Waals surface area (Å²) in [5.74, 6) is 0.848. The molecule has 2 aromatic rings. The predicted molar refractivity (Wildman–Crippen MR) is 83.2 cm³/mol. The molecule has 0 saturated carbocycles. The van der Waals surface area contributed by atoms with Gasteiger partial charge in [0.25, 0.3) is 5.91 Å². The van der Waals surface area contributed by atoms with E-state index in [0.717, 1.165) is 29.9 Å². The number of hydrogen-bond donors (Lipinski definition) is 3. The molecular formula is C16H20N4O2. The Hall–Kier alpha value is -2.18. The summed E-state index contributed by atoms with van der Waals surface area (Å²) in [5, 5.41) is 6.23. The lowest BCUT2D eigenvalue weighted by Gasteiger charge is -2.11. The van der Waals surface area contributed by atoms with Crippen LogP contribution in [0.2, 0.25) is 0 Å². The molecule has 1 aliphatic rings. The van der Waals surface area contributed by atoms with Crippen molar-refractivity contribution in [1.82, 2.24) is 15.3 Å². The lowest BCUT2D eigenvalue weighted by molar-refractivity contribution is -0.124. The average Bonchev–Trinajstić information content (AvgIpc) is 3.21. The number of H-pyrrole nitrogens is 1. The Morgan fingerprint density at radius 2 is 2.36 bits per heavy atom. The zero-order valence-corrected chi connectivity index (χ0v) is 12.3. The zero-order chi connectivity index (χ0) is 15.2. The fourth-order valence-corrected chi connectivity index (χ4v) is 2.49. The van der Waals surface area contributed by atoms with E-state index in [1.807, 2.05) is 24.3 Å². The third-order valence-corrected chi connectivity index (χ3v) is 3.59. The maximum absolute atomic E-state index is 12.0. The van der Waals surface area contributed by atoms with Crippen molar-refractivity contribution in [2.24, 2.45) is 0 Å². The van der Waals surface area contributed by atoms with Crippen LogP contribution in [0.25, 0.3) is 0 Å². The fourth-order valence-electron chi connectivity index (χ4n) is 2.49. The molecule has 1 aliphatic heterocycles. The van der Waals surface area contributed by atoms with Crippen LogP contribution in [-0.2, 0) is 22.6 Å². The van der Waals surface area contributed by atoms with Crippen molar-refractivity contribution in [2.45, 2.75) is 32.0 Å². The number of hydrogen-bond acceptors (Lipinski definition) is 4. The van der Waals surface area contributed by atoms with Gasteiger partial charge in [-0.3, -0.25) is 4.79 Å². The Labute approximate surface area is 129 Å². The molecule has 1 atom stereocenters. The van der Waals surface area contributed by atoms with E-state index in [4.69, 9.17) is 4.74 Å². The number of amides is 1. The average molecular weight is 300 g/mol. The van der Waals surface area contributed by atoms with Gasteiger partial charge in [0.05, 0.1) is 6.54 Å². The topological polar surface area (TPSA) is 79.0 Å². The van der Waals surface area contributed by atoms with Crippen molar-refractivity contribution in [3.63, 3.8) is 0 Å². The fraction of sp³-hybridized carbons (Fsp3) is 0.375. The number of aromatic amines is 1. The maximum atomic E-state index is 12.0. The van der Waals surface area contributed by atoms with E-state index >= 15 is 0 Å². The van der Waals surface area contributed by atoms with Gasteiger partial charge < -0.3 is 20.4 Å². The second kappa shape index (κ2) is 7.20. The van der Waals surface area contributed by atoms with Gasteiger partial charge in [-0.05, 0) is 30.5 Å². The Morgan fingerprint density at radius 1 is 1.41 bits per heavy atom. The second-order valence-electron chi connectivity index (χ2n) is 5.33. The molecule has 0 radical (unpaired) electrons. The molecule has 6 heteroatoms. The number of nitrogens with one attached hydrogen (secondary N) is 3. The molecule has 3 N–H and O–H groups in total. The maximum Gasteiger partial charge on any atom is 0.253 e. The SMILES string of the molecule is O=C(Nc1cccc(CNCc2ncc[nH]2)c1)C1CCCO1. The summed E-state index contributed by atoms with van der Waals surface area (Å²) >= 11 is 0. The molecule has 0 bridgehead atoms. The number of nitrogens with zero attached hydrogens (tertiary/aromatic N) is 1. The van der Waals surface area contributed by atoms with E-state index in [2.05, 4.69) is 20.6 Å². The van der Waals surface area contributed by atoms with Crippen LogP contribution in [-0.4, -0.2) is 28.6 Å². The van der Waals surface area contributed by atoms with E-state index in [1.54, 1.807) is 12.4 Å². The molecule has 3 rings (SSSR count). The normalized spacial score (nSPS) is 17.5. The van der Waals surface area contributed by atoms with Gasteiger partial charge in [0, 0.05) is 31.2 Å². The number of anilines is 1. The zero-order valence-electron chi connectivity index (χ0n) is 12.3. The molecule has 1 fully saturated rings. The van der Waals surface area contributed by atoms with Gasteiger partial charge in [0.2, 0.25) is 0 Å². The van der Waals surface area contributed by atoms with Gasteiger partial charge in [-0.2, -0.15) is 0 Å². The Kier molecular flexibility index (Phi) is 4.82. The van der Waals surface area contributed by atoms with Crippen molar-refractivity contribution in [3.8, 4) is 0 Å². The minimum absolute atomic E-state index is 0.0572. The minimum atomic E-state index is -0.305. The third-order valence-electron chi connectivity index (χ3n) is 3.59. The number of rotatable bonds is 6.